The third-order valence-electron chi connectivity index (χ3n) is 1.90. The molecule has 9 N–H and O–H groups in total. The van der Waals surface area contributed by atoms with E-state index < -0.39 is 16.5 Å². The summed E-state index contributed by atoms with van der Waals surface area (Å²) in [7, 11) is -5.85. The molecule has 118 valence electrons. The quantitative estimate of drug-likeness (QED) is 0.317. The first-order chi connectivity index (χ1) is 8.04. The van der Waals surface area contributed by atoms with E-state index in [1.807, 2.05) is 0 Å². The van der Waals surface area contributed by atoms with Crippen molar-refractivity contribution in [3.05, 3.63) is 0 Å². The second kappa shape index (κ2) is 23.1. The average Bonchev–Trinajstić information content (AvgIpc) is 2.22. The molecule has 0 saturated carbocycles. The standard InChI is InChI=1S/C9H20O.2H3N.O5P2/c1-2-3-4-5-6-7-8-9-10;;;1-6(2)5-7(3)4/h10H,2-9H2,1H3;2*1H3;/p+2. The zero-order valence-corrected chi connectivity index (χ0v) is 13.3. The molecule has 0 aromatic heterocycles. The molecule has 0 spiro atoms. The van der Waals surface area contributed by atoms with E-state index in [-0.39, 0.29) is 12.3 Å². The van der Waals surface area contributed by atoms with Crippen molar-refractivity contribution in [1.29, 1.82) is 0 Å². The van der Waals surface area contributed by atoms with Crippen LogP contribution in [-0.2, 0) is 13.4 Å². The number of rotatable bonds is 9. The molecule has 0 bridgehead atoms. The summed E-state index contributed by atoms with van der Waals surface area (Å²) < 4.78 is 22.2. The molecule has 8 nitrogen and oxygen atoms in total. The summed E-state index contributed by atoms with van der Waals surface area (Å²) in [6, 6.07) is 0. The van der Waals surface area contributed by atoms with Crippen LogP contribution >= 0.6 is 16.5 Å². The molecule has 2 atom stereocenters. The van der Waals surface area contributed by atoms with E-state index in [1.54, 1.807) is 0 Å². The van der Waals surface area contributed by atoms with Crippen LogP contribution in [0.2, 0.25) is 0 Å². The lowest BCUT2D eigenvalue weighted by Gasteiger charge is -1.97. The van der Waals surface area contributed by atoms with Gasteiger partial charge in [0.25, 0.3) is 0 Å². The predicted molar refractivity (Wildman–Crippen MR) is 75.9 cm³/mol. The first-order valence-corrected chi connectivity index (χ1v) is 7.91. The molecule has 0 heterocycles. The molecule has 0 saturated heterocycles. The average molecular weight is 322 g/mol. The van der Waals surface area contributed by atoms with E-state index in [9.17, 15) is 9.13 Å². The van der Waals surface area contributed by atoms with Gasteiger partial charge in [0.15, 0.2) is 4.31 Å². The molecular formula is C9H28N2O6P2+2. The zero-order chi connectivity index (χ0) is 13.5. The van der Waals surface area contributed by atoms with Crippen LogP contribution in [0.15, 0.2) is 0 Å². The molecular weight excluding hydrogens is 294 g/mol. The van der Waals surface area contributed by atoms with E-state index in [2.05, 4.69) is 11.2 Å². The fourth-order valence-corrected chi connectivity index (χ4v) is 1.61. The molecule has 2 unspecified atom stereocenters. The highest BCUT2D eigenvalue weighted by Crippen LogP contribution is 2.30. The Balaban J connectivity index is -0.000000112. The van der Waals surface area contributed by atoms with Gasteiger partial charge in [-0.15, -0.1) is 9.79 Å². The van der Waals surface area contributed by atoms with Crippen LogP contribution in [0.25, 0.3) is 0 Å². The Morgan fingerprint density at radius 2 is 1.21 bits per heavy atom. The first-order valence-electron chi connectivity index (χ1n) is 5.65. The van der Waals surface area contributed by atoms with Crippen molar-refractivity contribution in [3.8, 4) is 0 Å². The fraction of sp³-hybridized carbons (Fsp3) is 1.00. The predicted octanol–water partition coefficient (Wildman–Crippen LogP) is 3.36. The number of hydrogen-bond acceptors (Lipinski definition) is 6. The summed E-state index contributed by atoms with van der Waals surface area (Å²) in [5, 5.41) is 8.47. The van der Waals surface area contributed by atoms with Gasteiger partial charge in [-0.2, -0.15) is 0 Å². The van der Waals surface area contributed by atoms with Crippen molar-refractivity contribution in [2.45, 2.75) is 51.9 Å². The largest absolute Gasteiger partial charge is 0.745 e. The van der Waals surface area contributed by atoms with Crippen molar-refractivity contribution in [2.24, 2.45) is 0 Å². The van der Waals surface area contributed by atoms with Gasteiger partial charge in [-0.1, -0.05) is 45.4 Å². The summed E-state index contributed by atoms with van der Waals surface area (Å²) in [6.45, 7) is 2.60. The van der Waals surface area contributed by atoms with Crippen LogP contribution in [0, 0.1) is 0 Å². The van der Waals surface area contributed by atoms with Crippen LogP contribution in [0.4, 0.5) is 0 Å². The van der Waals surface area contributed by atoms with Crippen LogP contribution in [0.5, 0.6) is 0 Å². The van der Waals surface area contributed by atoms with Gasteiger partial charge in [-0.05, 0) is 6.42 Å². The van der Waals surface area contributed by atoms with Gasteiger partial charge >= 0.3 is 16.5 Å². The number of aliphatic hydroxyl groups excluding tert-OH is 1. The Bertz CT molecular complexity index is 189. The van der Waals surface area contributed by atoms with Crippen molar-refractivity contribution < 1.29 is 28.3 Å². The monoisotopic (exact) mass is 322 g/mol. The Morgan fingerprint density at radius 3 is 1.47 bits per heavy atom. The van der Waals surface area contributed by atoms with E-state index in [0.717, 1.165) is 6.42 Å². The van der Waals surface area contributed by atoms with Crippen molar-refractivity contribution in [1.82, 2.24) is 12.3 Å². The zero-order valence-electron chi connectivity index (χ0n) is 11.5. The van der Waals surface area contributed by atoms with E-state index in [0.29, 0.717) is 6.61 Å². The second-order valence-corrected chi connectivity index (χ2v) is 5.01. The van der Waals surface area contributed by atoms with Gasteiger partial charge in [0.2, 0.25) is 0 Å². The Labute approximate surface area is 116 Å². The lowest BCUT2D eigenvalue weighted by Crippen LogP contribution is -1.83. The van der Waals surface area contributed by atoms with Crippen LogP contribution < -0.4 is 12.3 Å². The Morgan fingerprint density at radius 1 is 0.842 bits per heavy atom. The molecule has 19 heavy (non-hydrogen) atoms. The van der Waals surface area contributed by atoms with Crippen LogP contribution in [0.3, 0.4) is 0 Å². The van der Waals surface area contributed by atoms with E-state index >= 15 is 0 Å². The minimum Gasteiger partial charge on any atom is -0.396 e. The lowest BCUT2D eigenvalue weighted by atomic mass is 10.1. The molecule has 0 aliphatic rings. The molecule has 0 rings (SSSR count). The Hall–Kier alpha value is -0.0400. The Kier molecular flexibility index (Phi) is 33.2. The molecule has 0 fully saturated rings. The minimum atomic E-state index is -2.92. The summed E-state index contributed by atoms with van der Waals surface area (Å²) in [5.74, 6) is 0. The smallest absolute Gasteiger partial charge is 0.396 e. The number of hydrogen-bond donors (Lipinski definition) is 5. The van der Waals surface area contributed by atoms with Gasteiger partial charge in [-0.3, -0.25) is 0 Å². The molecule has 0 aliphatic carbocycles. The summed E-state index contributed by atoms with van der Waals surface area (Å²) in [5.41, 5.74) is 0. The molecule has 0 aromatic rings. The third kappa shape index (κ3) is 38.1. The maximum absolute atomic E-state index is 9.39. The van der Waals surface area contributed by atoms with Gasteiger partial charge < -0.3 is 17.4 Å². The number of aliphatic hydroxyl groups is 1. The summed E-state index contributed by atoms with van der Waals surface area (Å²) in [6.07, 6.45) is 8.93. The molecule has 0 amide bonds. The normalized spacial score (nSPS) is 10.3. The highest BCUT2D eigenvalue weighted by molar-refractivity contribution is 7.46. The highest BCUT2D eigenvalue weighted by atomic mass is 31.2. The summed E-state index contributed by atoms with van der Waals surface area (Å²) in [4.78, 5) is 15.3. The van der Waals surface area contributed by atoms with Crippen molar-refractivity contribution in [2.75, 3.05) is 6.61 Å². The third-order valence-corrected chi connectivity index (χ3v) is 3.02. The maximum atomic E-state index is 9.39. The van der Waals surface area contributed by atoms with Gasteiger partial charge in [0, 0.05) is 15.7 Å². The van der Waals surface area contributed by atoms with Gasteiger partial charge in [0.1, 0.15) is 0 Å². The van der Waals surface area contributed by atoms with Gasteiger partial charge in [-0.25, -0.2) is 0 Å². The molecule has 10 heteroatoms. The summed E-state index contributed by atoms with van der Waals surface area (Å²) >= 11 is 0. The fourth-order valence-electron chi connectivity index (χ4n) is 1.13. The van der Waals surface area contributed by atoms with Crippen LogP contribution in [-0.4, -0.2) is 21.5 Å². The number of unbranched alkanes of at least 4 members (excludes halogenated alkanes) is 6. The molecule has 0 aliphatic heterocycles. The SMILES string of the molecule is CCCCCCCCCO.N.N.O=[P+](O)O[P+](=O)O. The molecule has 0 aromatic carbocycles. The van der Waals surface area contributed by atoms with Crippen molar-refractivity contribution in [3.63, 3.8) is 0 Å². The van der Waals surface area contributed by atoms with Crippen LogP contribution in [0.1, 0.15) is 51.9 Å². The highest BCUT2D eigenvalue weighted by Gasteiger charge is 2.31. The lowest BCUT2D eigenvalue weighted by molar-refractivity contribution is 0.282. The second-order valence-electron chi connectivity index (χ2n) is 3.40. The topological polar surface area (TPSA) is 174 Å². The maximum Gasteiger partial charge on any atom is 0.745 e. The minimum absolute atomic E-state index is 0. The van der Waals surface area contributed by atoms with Crippen molar-refractivity contribution >= 4 is 16.5 Å². The molecule has 0 radical (unpaired) electrons. The van der Waals surface area contributed by atoms with Gasteiger partial charge in [0.05, 0.1) is 0 Å². The van der Waals surface area contributed by atoms with E-state index in [4.69, 9.17) is 14.9 Å². The van der Waals surface area contributed by atoms with E-state index in [1.165, 1.54) is 38.5 Å². The first kappa shape index (κ1) is 27.3.